The maximum atomic E-state index is 11.7. The summed E-state index contributed by atoms with van der Waals surface area (Å²) >= 11 is 0. The first-order valence-electron chi connectivity index (χ1n) is 4.75. The second-order valence-corrected chi connectivity index (χ2v) is 3.21. The van der Waals surface area contributed by atoms with E-state index in [0.29, 0.717) is 6.61 Å². The molecule has 88 valence electrons. The van der Waals surface area contributed by atoms with Gasteiger partial charge in [0.05, 0.1) is 6.61 Å². The number of hydrogen-bond acceptors (Lipinski definition) is 5. The van der Waals surface area contributed by atoms with E-state index in [4.69, 9.17) is 4.74 Å². The standard InChI is InChI=1S/C9H13N3O4/c1-4-16-8-6(5-10-15)7(13)11(2)9(14)12(8)3/h4-5H2,1-3H3. The molecule has 1 aromatic rings. The summed E-state index contributed by atoms with van der Waals surface area (Å²) < 4.78 is 7.29. The van der Waals surface area contributed by atoms with Crippen molar-refractivity contribution in [3.8, 4) is 5.88 Å². The highest BCUT2D eigenvalue weighted by Gasteiger charge is 2.16. The van der Waals surface area contributed by atoms with Crippen LogP contribution in [0.3, 0.4) is 0 Å². The molecule has 16 heavy (non-hydrogen) atoms. The summed E-state index contributed by atoms with van der Waals surface area (Å²) in [6, 6.07) is 0. The number of hydrogen-bond donors (Lipinski definition) is 0. The van der Waals surface area contributed by atoms with E-state index in [1.165, 1.54) is 18.7 Å². The van der Waals surface area contributed by atoms with E-state index in [0.717, 1.165) is 4.57 Å². The smallest absolute Gasteiger partial charge is 0.333 e. The van der Waals surface area contributed by atoms with Crippen LogP contribution in [0.2, 0.25) is 0 Å². The van der Waals surface area contributed by atoms with Crippen LogP contribution < -0.4 is 16.0 Å². The Balaban J connectivity index is 3.61. The molecule has 0 radical (unpaired) electrons. The van der Waals surface area contributed by atoms with Crippen molar-refractivity contribution in [2.24, 2.45) is 19.3 Å². The van der Waals surface area contributed by atoms with E-state index >= 15 is 0 Å². The lowest BCUT2D eigenvalue weighted by molar-refractivity contribution is 0.301. The van der Waals surface area contributed by atoms with Crippen molar-refractivity contribution >= 4 is 0 Å². The zero-order chi connectivity index (χ0) is 12.3. The Hall–Kier alpha value is -1.92. The molecule has 1 rings (SSSR count). The zero-order valence-corrected chi connectivity index (χ0v) is 9.39. The van der Waals surface area contributed by atoms with Gasteiger partial charge in [-0.15, -0.1) is 0 Å². The van der Waals surface area contributed by atoms with Gasteiger partial charge >= 0.3 is 5.69 Å². The summed E-state index contributed by atoms with van der Waals surface area (Å²) in [5.74, 6) is 0.107. The van der Waals surface area contributed by atoms with E-state index in [1.807, 2.05) is 0 Å². The first-order valence-corrected chi connectivity index (χ1v) is 4.75. The van der Waals surface area contributed by atoms with Crippen LogP contribution >= 0.6 is 0 Å². The van der Waals surface area contributed by atoms with Gasteiger partial charge < -0.3 is 4.74 Å². The van der Waals surface area contributed by atoms with Gasteiger partial charge in [0.2, 0.25) is 5.88 Å². The number of aromatic nitrogens is 2. The Morgan fingerprint density at radius 2 is 1.88 bits per heavy atom. The Labute approximate surface area is 91.2 Å². The maximum absolute atomic E-state index is 11.7. The molecule has 7 heteroatoms. The van der Waals surface area contributed by atoms with Gasteiger partial charge in [-0.25, -0.2) is 4.79 Å². The minimum Gasteiger partial charge on any atom is -0.479 e. The van der Waals surface area contributed by atoms with Crippen LogP contribution in [0.4, 0.5) is 0 Å². The Kier molecular flexibility index (Phi) is 3.60. The molecule has 0 saturated heterocycles. The summed E-state index contributed by atoms with van der Waals surface area (Å²) in [5.41, 5.74) is -0.948. The number of rotatable bonds is 4. The van der Waals surface area contributed by atoms with E-state index in [1.54, 1.807) is 6.92 Å². The predicted octanol–water partition coefficient (Wildman–Crippen LogP) is -0.251. The lowest BCUT2D eigenvalue weighted by Crippen LogP contribution is -2.39. The molecule has 0 aliphatic rings. The second-order valence-electron chi connectivity index (χ2n) is 3.21. The van der Waals surface area contributed by atoms with E-state index in [-0.39, 0.29) is 18.0 Å². The number of ether oxygens (including phenoxy) is 1. The maximum Gasteiger partial charge on any atom is 0.333 e. The van der Waals surface area contributed by atoms with Crippen molar-refractivity contribution in [3.05, 3.63) is 31.3 Å². The molecule has 0 N–H and O–H groups in total. The third kappa shape index (κ3) is 1.88. The van der Waals surface area contributed by atoms with Crippen molar-refractivity contribution in [2.45, 2.75) is 13.5 Å². The lowest BCUT2D eigenvalue weighted by atomic mass is 10.3. The van der Waals surface area contributed by atoms with Crippen molar-refractivity contribution in [3.63, 3.8) is 0 Å². The quantitative estimate of drug-likeness (QED) is 0.664. The molecule has 0 unspecified atom stereocenters. The van der Waals surface area contributed by atoms with Crippen molar-refractivity contribution < 1.29 is 4.74 Å². The summed E-state index contributed by atoms with van der Waals surface area (Å²) in [6.45, 7) is 1.71. The molecule has 0 fully saturated rings. The first-order chi connectivity index (χ1) is 7.54. The van der Waals surface area contributed by atoms with E-state index < -0.39 is 11.2 Å². The van der Waals surface area contributed by atoms with Crippen LogP contribution in [0.15, 0.2) is 14.8 Å². The van der Waals surface area contributed by atoms with Crippen LogP contribution in [-0.2, 0) is 20.6 Å². The largest absolute Gasteiger partial charge is 0.479 e. The first kappa shape index (κ1) is 12.2. The Morgan fingerprint density at radius 3 is 2.38 bits per heavy atom. The highest BCUT2D eigenvalue weighted by molar-refractivity contribution is 5.24. The molecule has 0 atom stereocenters. The minimum absolute atomic E-state index is 0.0986. The Bertz CT molecular complexity index is 515. The number of nitroso groups, excluding NO2 is 1. The molecule has 0 saturated carbocycles. The predicted molar refractivity (Wildman–Crippen MR) is 57.6 cm³/mol. The molecule has 0 bridgehead atoms. The fourth-order valence-corrected chi connectivity index (χ4v) is 1.42. The molecule has 0 amide bonds. The van der Waals surface area contributed by atoms with Gasteiger partial charge in [0.15, 0.2) is 0 Å². The fourth-order valence-electron chi connectivity index (χ4n) is 1.42. The molecule has 0 aliphatic carbocycles. The van der Waals surface area contributed by atoms with Crippen LogP contribution in [0.25, 0.3) is 0 Å². The third-order valence-electron chi connectivity index (χ3n) is 2.20. The SMILES string of the molecule is CCOc1c(CN=O)c(=O)n(C)c(=O)n1C. The van der Waals surface area contributed by atoms with Crippen LogP contribution in [0, 0.1) is 4.91 Å². The highest BCUT2D eigenvalue weighted by Crippen LogP contribution is 2.12. The van der Waals surface area contributed by atoms with Gasteiger partial charge in [-0.1, -0.05) is 5.18 Å². The van der Waals surface area contributed by atoms with Gasteiger partial charge in [0.25, 0.3) is 5.56 Å². The summed E-state index contributed by atoms with van der Waals surface area (Å²) in [7, 11) is 2.82. The molecule has 0 aromatic carbocycles. The monoisotopic (exact) mass is 227 g/mol. The average molecular weight is 227 g/mol. The summed E-state index contributed by atoms with van der Waals surface area (Å²) in [5, 5.41) is 2.66. The highest BCUT2D eigenvalue weighted by atomic mass is 16.5. The molecule has 1 heterocycles. The molecule has 1 aromatic heterocycles. The van der Waals surface area contributed by atoms with Gasteiger partial charge in [-0.3, -0.25) is 13.9 Å². The lowest BCUT2D eigenvalue weighted by Gasteiger charge is -2.13. The van der Waals surface area contributed by atoms with Gasteiger partial charge in [-0.2, -0.15) is 4.91 Å². The molecule has 0 aliphatic heterocycles. The van der Waals surface area contributed by atoms with Gasteiger partial charge in [-0.05, 0) is 6.92 Å². The molecule has 0 spiro atoms. The van der Waals surface area contributed by atoms with Gasteiger partial charge in [0, 0.05) is 14.1 Å². The fraction of sp³-hybridized carbons (Fsp3) is 0.556. The zero-order valence-electron chi connectivity index (χ0n) is 9.39. The topological polar surface area (TPSA) is 82.7 Å². The molecular formula is C9H13N3O4. The summed E-state index contributed by atoms with van der Waals surface area (Å²) in [4.78, 5) is 33.5. The van der Waals surface area contributed by atoms with Crippen LogP contribution in [-0.4, -0.2) is 15.7 Å². The third-order valence-corrected chi connectivity index (χ3v) is 2.20. The van der Waals surface area contributed by atoms with Crippen LogP contribution in [0.5, 0.6) is 5.88 Å². The normalized spacial score (nSPS) is 10.2. The van der Waals surface area contributed by atoms with Crippen LogP contribution in [0.1, 0.15) is 12.5 Å². The van der Waals surface area contributed by atoms with Crippen molar-refractivity contribution in [1.82, 2.24) is 9.13 Å². The van der Waals surface area contributed by atoms with Gasteiger partial charge in [0.1, 0.15) is 12.1 Å². The molecule has 7 nitrogen and oxygen atoms in total. The van der Waals surface area contributed by atoms with Crippen molar-refractivity contribution in [1.29, 1.82) is 0 Å². The van der Waals surface area contributed by atoms with Crippen molar-refractivity contribution in [2.75, 3.05) is 6.61 Å². The second kappa shape index (κ2) is 4.73. The Morgan fingerprint density at radius 1 is 1.25 bits per heavy atom. The van der Waals surface area contributed by atoms with E-state index in [9.17, 15) is 14.5 Å². The summed E-state index contributed by atoms with van der Waals surface area (Å²) in [6.07, 6.45) is 0. The molecular weight excluding hydrogens is 214 g/mol. The van der Waals surface area contributed by atoms with E-state index in [2.05, 4.69) is 5.18 Å². The number of nitrogens with zero attached hydrogens (tertiary/aromatic N) is 3. The average Bonchev–Trinajstić information content (AvgIpc) is 2.28. The minimum atomic E-state index is -0.550.